The molecule has 3 rings (SSSR count). The van der Waals surface area contributed by atoms with E-state index in [-0.39, 0.29) is 12.2 Å². The molecule has 0 bridgehead atoms. The highest BCUT2D eigenvalue weighted by atomic mass is 16.3. The van der Waals surface area contributed by atoms with Gasteiger partial charge in [0.15, 0.2) is 0 Å². The minimum Gasteiger partial charge on any atom is -0.469 e. The van der Waals surface area contributed by atoms with Crippen LogP contribution in [0.15, 0.2) is 53.4 Å². The Bertz CT molecular complexity index is 776. The van der Waals surface area contributed by atoms with E-state index < -0.39 is 11.6 Å². The second-order valence-corrected chi connectivity index (χ2v) is 4.78. The van der Waals surface area contributed by atoms with E-state index >= 15 is 0 Å². The number of carbonyl (C=O) groups is 2. The molecule has 2 heterocycles. The zero-order valence-corrected chi connectivity index (χ0v) is 11.7. The van der Waals surface area contributed by atoms with Gasteiger partial charge in [-0.25, -0.2) is 4.98 Å². The van der Waals surface area contributed by atoms with Crippen molar-refractivity contribution in [3.05, 3.63) is 71.7 Å². The summed E-state index contributed by atoms with van der Waals surface area (Å²) in [4.78, 5) is 27.6. The number of nitrogens with one attached hydrogen (secondary N) is 1. The highest BCUT2D eigenvalue weighted by Crippen LogP contribution is 2.17. The lowest BCUT2D eigenvalue weighted by molar-refractivity contribution is -0.114. The van der Waals surface area contributed by atoms with Gasteiger partial charge in [0.05, 0.1) is 12.7 Å². The molecule has 0 saturated carbocycles. The van der Waals surface area contributed by atoms with E-state index in [9.17, 15) is 9.59 Å². The van der Waals surface area contributed by atoms with Crippen molar-refractivity contribution in [3.8, 4) is 0 Å². The summed E-state index contributed by atoms with van der Waals surface area (Å²) in [5.41, 5.74) is 2.00. The quantitative estimate of drug-likeness (QED) is 0.555. The Morgan fingerprint density at radius 3 is 2.68 bits per heavy atom. The third kappa shape index (κ3) is 3.01. The topological polar surface area (TPSA) is 88.9 Å². The fourth-order valence-electron chi connectivity index (χ4n) is 2.16. The maximum Gasteiger partial charge on any atom is 0.268 e. The van der Waals surface area contributed by atoms with Crippen LogP contribution in [-0.2, 0) is 17.6 Å². The molecule has 0 spiro atoms. The Morgan fingerprint density at radius 1 is 1.14 bits per heavy atom. The predicted octanol–water partition coefficient (Wildman–Crippen LogP) is 1.98. The summed E-state index contributed by atoms with van der Waals surface area (Å²) in [7, 11) is 0. The zero-order chi connectivity index (χ0) is 15.4. The normalized spacial score (nSPS) is 10.5. The average molecular weight is 295 g/mol. The van der Waals surface area contributed by atoms with Gasteiger partial charge >= 0.3 is 0 Å². The molecule has 110 valence electrons. The highest BCUT2D eigenvalue weighted by Gasteiger charge is 2.22. The summed E-state index contributed by atoms with van der Waals surface area (Å²) in [5, 5.41) is 6.03. The van der Waals surface area contributed by atoms with Crippen LogP contribution in [0.1, 0.15) is 27.5 Å². The number of carbonyl (C=O) groups excluding carboxylic acids is 2. The smallest absolute Gasteiger partial charge is 0.268 e. The first-order chi connectivity index (χ1) is 10.7. The van der Waals surface area contributed by atoms with Gasteiger partial charge in [-0.2, -0.15) is 0 Å². The van der Waals surface area contributed by atoms with Crippen LogP contribution in [0.2, 0.25) is 0 Å². The van der Waals surface area contributed by atoms with Gasteiger partial charge in [0.25, 0.3) is 5.78 Å². The van der Waals surface area contributed by atoms with E-state index in [2.05, 4.69) is 15.2 Å². The number of rotatable bonds is 6. The first-order valence-corrected chi connectivity index (χ1v) is 6.76. The number of ketones is 2. The Kier molecular flexibility index (Phi) is 3.91. The van der Waals surface area contributed by atoms with Gasteiger partial charge in [-0.15, -0.1) is 5.10 Å². The number of hydrogen-bond acceptors (Lipinski definition) is 5. The Morgan fingerprint density at radius 2 is 1.95 bits per heavy atom. The van der Waals surface area contributed by atoms with E-state index in [1.54, 1.807) is 0 Å². The van der Waals surface area contributed by atoms with Gasteiger partial charge in [-0.1, -0.05) is 30.3 Å². The molecule has 2 aromatic heterocycles. The Hall–Kier alpha value is -3.02. The van der Waals surface area contributed by atoms with Crippen molar-refractivity contribution in [2.75, 3.05) is 0 Å². The highest BCUT2D eigenvalue weighted by molar-refractivity contribution is 6.43. The fraction of sp³-hybridized carbons (Fsp3) is 0.125. The Balaban J connectivity index is 1.72. The molecule has 1 aromatic carbocycles. The first kappa shape index (κ1) is 13.9. The number of H-pyrrole nitrogens is 1. The molecule has 6 nitrogen and oxygen atoms in total. The van der Waals surface area contributed by atoms with E-state index in [1.165, 1.54) is 12.6 Å². The summed E-state index contributed by atoms with van der Waals surface area (Å²) in [6, 6.07) is 11.7. The number of benzene rings is 1. The van der Waals surface area contributed by atoms with Gasteiger partial charge in [0, 0.05) is 6.42 Å². The minimum absolute atomic E-state index is 0.0947. The standard InChI is InChI=1S/C16H13N3O3/c20-13(15(21)16-17-10-18-19-16)9-14-12(6-7-22-14)8-11-4-2-1-3-5-11/h1-7,10H,8-9H2,(H,17,18,19). The summed E-state index contributed by atoms with van der Waals surface area (Å²) in [6.45, 7) is 0. The molecule has 0 aliphatic rings. The lowest BCUT2D eigenvalue weighted by atomic mass is 10.0. The van der Waals surface area contributed by atoms with Gasteiger partial charge in [0.1, 0.15) is 12.1 Å². The number of aromatic amines is 1. The summed E-state index contributed by atoms with van der Waals surface area (Å²) >= 11 is 0. The second kappa shape index (κ2) is 6.17. The monoisotopic (exact) mass is 295 g/mol. The van der Waals surface area contributed by atoms with Gasteiger partial charge in [-0.3, -0.25) is 14.7 Å². The lowest BCUT2D eigenvalue weighted by Gasteiger charge is -2.02. The third-order valence-corrected chi connectivity index (χ3v) is 3.27. The molecule has 0 fully saturated rings. The molecule has 6 heteroatoms. The van der Waals surface area contributed by atoms with Crippen LogP contribution in [0, 0.1) is 0 Å². The molecular weight excluding hydrogens is 282 g/mol. The molecule has 0 aliphatic carbocycles. The molecule has 0 unspecified atom stereocenters. The Labute approximate surface area is 126 Å². The maximum absolute atomic E-state index is 12.0. The molecule has 22 heavy (non-hydrogen) atoms. The van der Waals surface area contributed by atoms with Crippen LogP contribution in [0.4, 0.5) is 0 Å². The number of hydrogen-bond donors (Lipinski definition) is 1. The van der Waals surface area contributed by atoms with Crippen molar-refractivity contribution in [2.24, 2.45) is 0 Å². The van der Waals surface area contributed by atoms with Gasteiger partial charge < -0.3 is 4.42 Å². The number of aromatic nitrogens is 3. The van der Waals surface area contributed by atoms with E-state index in [1.807, 2.05) is 36.4 Å². The number of furan rings is 1. The van der Waals surface area contributed by atoms with E-state index in [0.717, 1.165) is 11.1 Å². The molecular formula is C16H13N3O3. The van der Waals surface area contributed by atoms with Crippen molar-refractivity contribution in [1.29, 1.82) is 0 Å². The fourth-order valence-corrected chi connectivity index (χ4v) is 2.16. The van der Waals surface area contributed by atoms with Crippen molar-refractivity contribution in [1.82, 2.24) is 15.2 Å². The number of Topliss-reactive ketones (excluding diaryl/α,β-unsaturated/α-hetero) is 2. The maximum atomic E-state index is 12.0. The summed E-state index contributed by atoms with van der Waals surface area (Å²) in [6.07, 6.45) is 3.34. The average Bonchev–Trinajstić information content (AvgIpc) is 3.20. The van der Waals surface area contributed by atoms with E-state index in [4.69, 9.17) is 4.42 Å². The molecule has 0 saturated heterocycles. The second-order valence-electron chi connectivity index (χ2n) is 4.78. The van der Waals surface area contributed by atoms with Crippen LogP contribution < -0.4 is 0 Å². The first-order valence-electron chi connectivity index (χ1n) is 6.76. The third-order valence-electron chi connectivity index (χ3n) is 3.27. The van der Waals surface area contributed by atoms with E-state index in [0.29, 0.717) is 12.2 Å². The number of nitrogens with zero attached hydrogens (tertiary/aromatic N) is 2. The molecule has 0 atom stereocenters. The van der Waals surface area contributed by atoms with Crippen molar-refractivity contribution in [2.45, 2.75) is 12.8 Å². The van der Waals surface area contributed by atoms with Crippen LogP contribution in [0.3, 0.4) is 0 Å². The predicted molar refractivity (Wildman–Crippen MR) is 77.4 cm³/mol. The summed E-state index contributed by atoms with van der Waals surface area (Å²) in [5.74, 6) is -0.939. The SMILES string of the molecule is O=C(Cc1occc1Cc1ccccc1)C(=O)c1nc[nH]n1. The largest absolute Gasteiger partial charge is 0.469 e. The van der Waals surface area contributed by atoms with Crippen LogP contribution >= 0.6 is 0 Å². The van der Waals surface area contributed by atoms with Crippen LogP contribution in [-0.4, -0.2) is 26.7 Å². The zero-order valence-electron chi connectivity index (χ0n) is 11.7. The van der Waals surface area contributed by atoms with Crippen molar-refractivity contribution < 1.29 is 14.0 Å². The van der Waals surface area contributed by atoms with Gasteiger partial charge in [0.2, 0.25) is 11.6 Å². The molecule has 0 amide bonds. The van der Waals surface area contributed by atoms with Gasteiger partial charge in [-0.05, 0) is 17.2 Å². The van der Waals surface area contributed by atoms with Crippen molar-refractivity contribution >= 4 is 11.6 Å². The van der Waals surface area contributed by atoms with Crippen LogP contribution in [0.5, 0.6) is 0 Å². The summed E-state index contributed by atoms with van der Waals surface area (Å²) < 4.78 is 5.35. The van der Waals surface area contributed by atoms with Crippen LogP contribution in [0.25, 0.3) is 0 Å². The molecule has 0 aliphatic heterocycles. The lowest BCUT2D eigenvalue weighted by Crippen LogP contribution is -2.18. The minimum atomic E-state index is -0.719. The molecule has 1 N–H and O–H groups in total. The molecule has 0 radical (unpaired) electrons. The van der Waals surface area contributed by atoms with Crippen molar-refractivity contribution in [3.63, 3.8) is 0 Å². The molecule has 3 aromatic rings.